The SMILES string of the molecule is CCC1(N2CCCC2)C=Cc2ccc(OC)cc2O1. The van der Waals surface area contributed by atoms with Crippen LogP contribution < -0.4 is 9.47 Å². The molecule has 0 spiro atoms. The Bertz CT molecular complexity index is 492. The fourth-order valence-electron chi connectivity index (χ4n) is 2.99. The highest BCUT2D eigenvalue weighted by Crippen LogP contribution is 2.38. The summed E-state index contributed by atoms with van der Waals surface area (Å²) in [6.45, 7) is 4.43. The minimum atomic E-state index is -0.268. The molecule has 0 saturated carbocycles. The van der Waals surface area contributed by atoms with Crippen molar-refractivity contribution in [3.05, 3.63) is 29.8 Å². The highest BCUT2D eigenvalue weighted by molar-refractivity contribution is 5.62. The van der Waals surface area contributed by atoms with Crippen LogP contribution in [0.15, 0.2) is 24.3 Å². The topological polar surface area (TPSA) is 21.7 Å². The fraction of sp³-hybridized carbons (Fsp3) is 0.500. The van der Waals surface area contributed by atoms with Crippen LogP contribution in [-0.4, -0.2) is 30.8 Å². The third-order valence-corrected chi connectivity index (χ3v) is 4.18. The van der Waals surface area contributed by atoms with Crippen LogP contribution >= 0.6 is 0 Å². The van der Waals surface area contributed by atoms with E-state index in [0.717, 1.165) is 36.6 Å². The third kappa shape index (κ3) is 2.12. The van der Waals surface area contributed by atoms with Gasteiger partial charge in [0.2, 0.25) is 0 Å². The van der Waals surface area contributed by atoms with Gasteiger partial charge in [0.25, 0.3) is 0 Å². The molecule has 102 valence electrons. The lowest BCUT2D eigenvalue weighted by Crippen LogP contribution is -2.50. The summed E-state index contributed by atoms with van der Waals surface area (Å²) >= 11 is 0. The number of fused-ring (bicyclic) bond motifs is 1. The predicted molar refractivity (Wildman–Crippen MR) is 76.5 cm³/mol. The smallest absolute Gasteiger partial charge is 0.182 e. The molecule has 1 aromatic rings. The maximum Gasteiger partial charge on any atom is 0.182 e. The Morgan fingerprint density at radius 1 is 1.32 bits per heavy atom. The van der Waals surface area contributed by atoms with E-state index in [-0.39, 0.29) is 5.72 Å². The predicted octanol–water partition coefficient (Wildman–Crippen LogP) is 3.30. The quantitative estimate of drug-likeness (QED) is 0.831. The second kappa shape index (κ2) is 4.89. The molecular weight excluding hydrogens is 238 g/mol. The number of methoxy groups -OCH3 is 1. The van der Waals surface area contributed by atoms with E-state index in [1.165, 1.54) is 12.8 Å². The van der Waals surface area contributed by atoms with Crippen LogP contribution in [0.1, 0.15) is 31.7 Å². The number of nitrogens with zero attached hydrogens (tertiary/aromatic N) is 1. The minimum absolute atomic E-state index is 0.268. The summed E-state index contributed by atoms with van der Waals surface area (Å²) in [5, 5.41) is 0. The summed E-state index contributed by atoms with van der Waals surface area (Å²) in [6, 6.07) is 6.01. The van der Waals surface area contributed by atoms with Gasteiger partial charge in [0.1, 0.15) is 11.5 Å². The molecule has 3 heteroatoms. The van der Waals surface area contributed by atoms with E-state index in [9.17, 15) is 0 Å². The molecule has 2 heterocycles. The number of benzene rings is 1. The lowest BCUT2D eigenvalue weighted by molar-refractivity contribution is -0.0358. The summed E-state index contributed by atoms with van der Waals surface area (Å²) in [5.74, 6) is 1.77. The molecule has 1 unspecified atom stereocenters. The molecule has 0 aliphatic carbocycles. The fourth-order valence-corrected chi connectivity index (χ4v) is 2.99. The highest BCUT2D eigenvalue weighted by atomic mass is 16.5. The molecule has 0 N–H and O–H groups in total. The zero-order chi connectivity index (χ0) is 13.3. The third-order valence-electron chi connectivity index (χ3n) is 4.18. The number of hydrogen-bond donors (Lipinski definition) is 0. The van der Waals surface area contributed by atoms with Crippen molar-refractivity contribution in [3.8, 4) is 11.5 Å². The average Bonchev–Trinajstić information content (AvgIpc) is 3.00. The van der Waals surface area contributed by atoms with Crippen molar-refractivity contribution in [1.82, 2.24) is 4.90 Å². The molecule has 0 aromatic heterocycles. The van der Waals surface area contributed by atoms with Crippen molar-refractivity contribution < 1.29 is 9.47 Å². The monoisotopic (exact) mass is 259 g/mol. The van der Waals surface area contributed by atoms with Gasteiger partial charge in [-0.3, -0.25) is 4.90 Å². The molecule has 1 fully saturated rings. The lowest BCUT2D eigenvalue weighted by Gasteiger charge is -2.41. The van der Waals surface area contributed by atoms with Gasteiger partial charge in [0, 0.05) is 31.1 Å². The Hall–Kier alpha value is -1.48. The summed E-state index contributed by atoms with van der Waals surface area (Å²) in [6.07, 6.45) is 7.89. The number of ether oxygens (including phenoxy) is 2. The van der Waals surface area contributed by atoms with Crippen molar-refractivity contribution in [2.45, 2.75) is 31.9 Å². The van der Waals surface area contributed by atoms with Crippen LogP contribution in [0.4, 0.5) is 0 Å². The van der Waals surface area contributed by atoms with Gasteiger partial charge in [-0.2, -0.15) is 0 Å². The van der Waals surface area contributed by atoms with Crippen LogP contribution in [-0.2, 0) is 0 Å². The Balaban J connectivity index is 1.94. The maximum absolute atomic E-state index is 6.35. The van der Waals surface area contributed by atoms with Gasteiger partial charge in [-0.05, 0) is 37.1 Å². The van der Waals surface area contributed by atoms with Crippen LogP contribution in [0.2, 0.25) is 0 Å². The van der Waals surface area contributed by atoms with E-state index in [1.54, 1.807) is 7.11 Å². The molecule has 19 heavy (non-hydrogen) atoms. The van der Waals surface area contributed by atoms with E-state index >= 15 is 0 Å². The summed E-state index contributed by atoms with van der Waals surface area (Å²) in [5.41, 5.74) is 0.861. The summed E-state index contributed by atoms with van der Waals surface area (Å²) < 4.78 is 11.6. The van der Waals surface area contributed by atoms with E-state index < -0.39 is 0 Å². The molecule has 3 nitrogen and oxygen atoms in total. The van der Waals surface area contributed by atoms with Crippen LogP contribution in [0.5, 0.6) is 11.5 Å². The molecule has 1 saturated heterocycles. The average molecular weight is 259 g/mol. The van der Waals surface area contributed by atoms with Gasteiger partial charge in [-0.15, -0.1) is 0 Å². The number of likely N-dealkylation sites (tertiary alicyclic amines) is 1. The first-order valence-corrected chi connectivity index (χ1v) is 7.09. The first-order valence-electron chi connectivity index (χ1n) is 7.09. The molecule has 1 atom stereocenters. The molecule has 0 radical (unpaired) electrons. The molecular formula is C16H21NO2. The first kappa shape index (κ1) is 12.5. The van der Waals surface area contributed by atoms with Crippen molar-refractivity contribution in [2.24, 2.45) is 0 Å². The van der Waals surface area contributed by atoms with Gasteiger partial charge in [0.15, 0.2) is 5.72 Å². The second-order valence-corrected chi connectivity index (χ2v) is 5.23. The molecule has 0 amide bonds. The van der Waals surface area contributed by atoms with Crippen molar-refractivity contribution in [2.75, 3.05) is 20.2 Å². The van der Waals surface area contributed by atoms with Gasteiger partial charge >= 0.3 is 0 Å². The Labute approximate surface area is 114 Å². The second-order valence-electron chi connectivity index (χ2n) is 5.23. The van der Waals surface area contributed by atoms with E-state index in [2.05, 4.69) is 24.0 Å². The van der Waals surface area contributed by atoms with Crippen LogP contribution in [0, 0.1) is 0 Å². The van der Waals surface area contributed by atoms with Crippen LogP contribution in [0.3, 0.4) is 0 Å². The first-order chi connectivity index (χ1) is 9.27. The van der Waals surface area contributed by atoms with E-state index in [4.69, 9.17) is 9.47 Å². The molecule has 0 bridgehead atoms. The van der Waals surface area contributed by atoms with E-state index in [1.807, 2.05) is 18.2 Å². The molecule has 2 aliphatic heterocycles. The minimum Gasteiger partial charge on any atom is -0.497 e. The highest BCUT2D eigenvalue weighted by Gasteiger charge is 2.38. The number of rotatable bonds is 3. The van der Waals surface area contributed by atoms with Crippen molar-refractivity contribution >= 4 is 6.08 Å². The van der Waals surface area contributed by atoms with Gasteiger partial charge in [-0.25, -0.2) is 0 Å². The number of hydrogen-bond acceptors (Lipinski definition) is 3. The normalized spacial score (nSPS) is 26.0. The van der Waals surface area contributed by atoms with Crippen molar-refractivity contribution in [1.29, 1.82) is 0 Å². The zero-order valence-corrected chi connectivity index (χ0v) is 11.7. The zero-order valence-electron chi connectivity index (χ0n) is 11.7. The molecule has 3 rings (SSSR count). The molecule has 2 aliphatic rings. The van der Waals surface area contributed by atoms with Crippen molar-refractivity contribution in [3.63, 3.8) is 0 Å². The Kier molecular flexibility index (Phi) is 3.23. The van der Waals surface area contributed by atoms with Crippen LogP contribution in [0.25, 0.3) is 6.08 Å². The van der Waals surface area contributed by atoms with Gasteiger partial charge in [0.05, 0.1) is 7.11 Å². The Morgan fingerprint density at radius 3 is 2.79 bits per heavy atom. The van der Waals surface area contributed by atoms with Gasteiger partial charge < -0.3 is 9.47 Å². The van der Waals surface area contributed by atoms with Gasteiger partial charge in [-0.1, -0.05) is 6.92 Å². The standard InChI is InChI=1S/C16H21NO2/c1-3-16(17-10-4-5-11-17)9-8-13-6-7-14(18-2)12-15(13)19-16/h6-9,12H,3-5,10-11H2,1-2H3. The molecule has 1 aromatic carbocycles. The largest absolute Gasteiger partial charge is 0.497 e. The summed E-state index contributed by atoms with van der Waals surface area (Å²) in [7, 11) is 1.69. The Morgan fingerprint density at radius 2 is 2.11 bits per heavy atom. The maximum atomic E-state index is 6.35. The van der Waals surface area contributed by atoms with E-state index in [0.29, 0.717) is 0 Å². The summed E-state index contributed by atoms with van der Waals surface area (Å²) in [4.78, 5) is 2.45. The lowest BCUT2D eigenvalue weighted by atomic mass is 10.0.